The van der Waals surface area contributed by atoms with Crippen LogP contribution in [0.5, 0.6) is 23.0 Å². The molecule has 0 saturated carbocycles. The molecule has 5 nitrogen and oxygen atoms in total. The smallest absolute Gasteiger partial charge is 0.316 e. The Labute approximate surface area is 242 Å². The number of aryl methyl sites for hydroxylation is 1. The van der Waals surface area contributed by atoms with Crippen LogP contribution in [0.1, 0.15) is 78.7 Å². The standard InChI is InChI=1S/C33H42ClFO5/c1-6-19-37-30-28(39-21-13-9-8-10-14-23-15-11-12-16-27(23)35)26-22-24(34)17-18-25(26)29(31(30)38-20-7-2)40-32(36)33(3,4)5/h11-12,15-18,22H,6-10,13-14,19-21H2,1-5H3. The molecule has 218 valence electrons. The van der Waals surface area contributed by atoms with Crippen molar-refractivity contribution in [1.82, 2.24) is 0 Å². The first-order chi connectivity index (χ1) is 19.2. The Morgan fingerprint density at radius 1 is 0.775 bits per heavy atom. The normalized spacial score (nSPS) is 11.5. The van der Waals surface area contributed by atoms with Crippen molar-refractivity contribution in [3.8, 4) is 23.0 Å². The van der Waals surface area contributed by atoms with E-state index in [9.17, 15) is 9.18 Å². The number of esters is 1. The van der Waals surface area contributed by atoms with Gasteiger partial charge in [0.15, 0.2) is 11.5 Å². The van der Waals surface area contributed by atoms with Gasteiger partial charge in [0.05, 0.1) is 25.2 Å². The Morgan fingerprint density at radius 2 is 1.40 bits per heavy atom. The molecule has 0 bridgehead atoms. The summed E-state index contributed by atoms with van der Waals surface area (Å²) in [5.74, 6) is 1.10. The first kappa shape index (κ1) is 31.5. The van der Waals surface area contributed by atoms with E-state index < -0.39 is 5.41 Å². The van der Waals surface area contributed by atoms with Crippen LogP contribution in [0, 0.1) is 11.2 Å². The quantitative estimate of drug-likeness (QED) is 0.103. The lowest BCUT2D eigenvalue weighted by molar-refractivity contribution is -0.143. The fourth-order valence-electron chi connectivity index (χ4n) is 4.16. The lowest BCUT2D eigenvalue weighted by Gasteiger charge is -2.24. The summed E-state index contributed by atoms with van der Waals surface area (Å²) in [6.07, 6.45) is 5.90. The molecular formula is C33H42ClFO5. The van der Waals surface area contributed by atoms with Crippen LogP contribution in [0.15, 0.2) is 42.5 Å². The van der Waals surface area contributed by atoms with Crippen molar-refractivity contribution in [2.75, 3.05) is 19.8 Å². The van der Waals surface area contributed by atoms with E-state index in [1.54, 1.807) is 18.2 Å². The fraction of sp³-hybridized carbons (Fsp3) is 0.485. The van der Waals surface area contributed by atoms with Crippen LogP contribution in [0.3, 0.4) is 0 Å². The van der Waals surface area contributed by atoms with Gasteiger partial charge in [-0.25, -0.2) is 4.39 Å². The zero-order valence-electron chi connectivity index (χ0n) is 24.4. The largest absolute Gasteiger partial charge is 0.489 e. The highest BCUT2D eigenvalue weighted by molar-refractivity contribution is 6.31. The number of hydrogen-bond donors (Lipinski definition) is 0. The summed E-state index contributed by atoms with van der Waals surface area (Å²) < 4.78 is 38.6. The molecule has 0 aliphatic heterocycles. The number of halogens is 2. The third-order valence-corrected chi connectivity index (χ3v) is 6.58. The average molecular weight is 573 g/mol. The SMILES string of the molecule is CCCOc1c(OCCC)c(OC(=O)C(C)(C)C)c2ccc(Cl)cc2c1OCCCCCCc1ccccc1F. The molecule has 3 aromatic rings. The van der Waals surface area contributed by atoms with Crippen LogP contribution >= 0.6 is 11.6 Å². The van der Waals surface area contributed by atoms with Gasteiger partial charge in [-0.2, -0.15) is 0 Å². The molecule has 0 heterocycles. The van der Waals surface area contributed by atoms with Crippen molar-refractivity contribution in [2.24, 2.45) is 5.41 Å². The number of benzene rings is 3. The van der Waals surface area contributed by atoms with E-state index in [1.807, 2.05) is 52.8 Å². The van der Waals surface area contributed by atoms with Crippen LogP contribution in [-0.2, 0) is 11.2 Å². The maximum absolute atomic E-state index is 13.9. The summed E-state index contributed by atoms with van der Waals surface area (Å²) >= 11 is 6.42. The predicted octanol–water partition coefficient (Wildman–Crippen LogP) is 9.34. The van der Waals surface area contributed by atoms with Gasteiger partial charge in [-0.1, -0.05) is 56.5 Å². The van der Waals surface area contributed by atoms with E-state index in [-0.39, 0.29) is 11.8 Å². The lowest BCUT2D eigenvalue weighted by Crippen LogP contribution is -2.26. The van der Waals surface area contributed by atoms with E-state index in [1.165, 1.54) is 6.07 Å². The highest BCUT2D eigenvalue weighted by Gasteiger charge is 2.30. The molecule has 3 aromatic carbocycles. The monoisotopic (exact) mass is 572 g/mol. The van der Waals surface area contributed by atoms with E-state index in [0.717, 1.165) is 50.5 Å². The maximum Gasteiger partial charge on any atom is 0.316 e. The van der Waals surface area contributed by atoms with Crippen molar-refractivity contribution < 1.29 is 28.1 Å². The summed E-state index contributed by atoms with van der Waals surface area (Å²) in [7, 11) is 0. The van der Waals surface area contributed by atoms with E-state index >= 15 is 0 Å². The Kier molecular flexibility index (Phi) is 11.9. The molecule has 0 aliphatic rings. The van der Waals surface area contributed by atoms with Gasteiger partial charge in [-0.05, 0) is 82.7 Å². The molecule has 0 fully saturated rings. The summed E-state index contributed by atoms with van der Waals surface area (Å²) in [5.41, 5.74) is 0.0406. The fourth-order valence-corrected chi connectivity index (χ4v) is 4.33. The van der Waals surface area contributed by atoms with Gasteiger partial charge < -0.3 is 18.9 Å². The molecule has 0 atom stereocenters. The van der Waals surface area contributed by atoms with E-state index in [4.69, 9.17) is 30.5 Å². The summed E-state index contributed by atoms with van der Waals surface area (Å²) in [6, 6.07) is 12.3. The molecule has 0 spiro atoms. The van der Waals surface area contributed by atoms with E-state index in [0.29, 0.717) is 58.6 Å². The van der Waals surface area contributed by atoms with Crippen LogP contribution in [0.25, 0.3) is 10.8 Å². The topological polar surface area (TPSA) is 54.0 Å². The van der Waals surface area contributed by atoms with Crippen LogP contribution in [0.4, 0.5) is 4.39 Å². The summed E-state index contributed by atoms with van der Waals surface area (Å²) in [5, 5.41) is 1.89. The van der Waals surface area contributed by atoms with Gasteiger partial charge in [0, 0.05) is 15.8 Å². The van der Waals surface area contributed by atoms with Gasteiger partial charge in [-0.15, -0.1) is 0 Å². The van der Waals surface area contributed by atoms with E-state index in [2.05, 4.69) is 0 Å². The first-order valence-corrected chi connectivity index (χ1v) is 14.7. The highest BCUT2D eigenvalue weighted by atomic mass is 35.5. The van der Waals surface area contributed by atoms with Crippen LogP contribution in [-0.4, -0.2) is 25.8 Å². The molecule has 3 rings (SSSR count). The number of carbonyl (C=O) groups is 1. The molecule has 0 unspecified atom stereocenters. The molecule has 40 heavy (non-hydrogen) atoms. The molecular weight excluding hydrogens is 531 g/mol. The minimum Gasteiger partial charge on any atom is -0.489 e. The van der Waals surface area contributed by atoms with Gasteiger partial charge in [0.1, 0.15) is 5.82 Å². The van der Waals surface area contributed by atoms with Crippen LogP contribution < -0.4 is 18.9 Å². The van der Waals surface area contributed by atoms with Crippen molar-refractivity contribution in [3.05, 3.63) is 58.9 Å². The number of ether oxygens (including phenoxy) is 4. The van der Waals surface area contributed by atoms with Crippen molar-refractivity contribution >= 4 is 28.3 Å². The third kappa shape index (κ3) is 8.50. The summed E-state index contributed by atoms with van der Waals surface area (Å²) in [6.45, 7) is 10.8. The Bertz CT molecular complexity index is 1270. The Balaban J connectivity index is 1.87. The molecule has 7 heteroatoms. The van der Waals surface area contributed by atoms with Crippen LogP contribution in [0.2, 0.25) is 5.02 Å². The Morgan fingerprint density at radius 3 is 2.05 bits per heavy atom. The zero-order valence-corrected chi connectivity index (χ0v) is 25.2. The second-order valence-electron chi connectivity index (χ2n) is 10.9. The zero-order chi connectivity index (χ0) is 29.1. The van der Waals surface area contributed by atoms with Crippen molar-refractivity contribution in [3.63, 3.8) is 0 Å². The number of rotatable bonds is 15. The lowest BCUT2D eigenvalue weighted by atomic mass is 9.97. The first-order valence-electron chi connectivity index (χ1n) is 14.3. The number of unbranched alkanes of at least 4 members (excludes halogenated alkanes) is 3. The van der Waals surface area contributed by atoms with Gasteiger partial charge in [-0.3, -0.25) is 4.79 Å². The third-order valence-electron chi connectivity index (χ3n) is 6.34. The summed E-state index contributed by atoms with van der Waals surface area (Å²) in [4.78, 5) is 13.0. The van der Waals surface area contributed by atoms with Crippen molar-refractivity contribution in [2.45, 2.75) is 79.6 Å². The number of fused-ring (bicyclic) bond motifs is 1. The van der Waals surface area contributed by atoms with Gasteiger partial charge >= 0.3 is 5.97 Å². The second-order valence-corrected chi connectivity index (χ2v) is 11.4. The minimum atomic E-state index is -0.716. The number of carbonyl (C=O) groups excluding carboxylic acids is 1. The molecule has 0 N–H and O–H groups in total. The van der Waals surface area contributed by atoms with Gasteiger partial charge in [0.2, 0.25) is 11.5 Å². The Hall–Kier alpha value is -2.99. The van der Waals surface area contributed by atoms with Gasteiger partial charge in [0.25, 0.3) is 0 Å². The number of hydrogen-bond acceptors (Lipinski definition) is 5. The molecule has 0 amide bonds. The van der Waals surface area contributed by atoms with Crippen molar-refractivity contribution in [1.29, 1.82) is 0 Å². The maximum atomic E-state index is 13.9. The second kappa shape index (κ2) is 15.1. The average Bonchev–Trinajstić information content (AvgIpc) is 2.91. The molecule has 0 radical (unpaired) electrons. The molecule has 0 aliphatic carbocycles. The predicted molar refractivity (Wildman–Crippen MR) is 160 cm³/mol. The highest BCUT2D eigenvalue weighted by Crippen LogP contribution is 2.52. The molecule has 0 saturated heterocycles. The minimum absolute atomic E-state index is 0.145. The molecule has 0 aromatic heterocycles.